The highest BCUT2D eigenvalue weighted by Crippen LogP contribution is 2.27. The second kappa shape index (κ2) is 4.98. The molecule has 0 unspecified atom stereocenters. The third-order valence-electron chi connectivity index (χ3n) is 2.93. The number of nitrogens with zero attached hydrogens (tertiary/aromatic N) is 1. The molecule has 0 saturated heterocycles. The van der Waals surface area contributed by atoms with Gasteiger partial charge in [-0.05, 0) is 30.3 Å². The summed E-state index contributed by atoms with van der Waals surface area (Å²) in [5, 5.41) is 3.39. The highest BCUT2D eigenvalue weighted by molar-refractivity contribution is 6.33. The number of aromatic nitrogens is 2. The average Bonchev–Trinajstić information content (AvgIpc) is 2.81. The van der Waals surface area contributed by atoms with Gasteiger partial charge in [0.1, 0.15) is 5.82 Å². The lowest BCUT2D eigenvalue weighted by Gasteiger charge is -2.00. The van der Waals surface area contributed by atoms with E-state index in [4.69, 9.17) is 11.6 Å². The quantitative estimate of drug-likeness (QED) is 0.751. The van der Waals surface area contributed by atoms with Crippen LogP contribution in [0.25, 0.3) is 22.4 Å². The zero-order valence-corrected chi connectivity index (χ0v) is 11.5. The van der Waals surface area contributed by atoms with Gasteiger partial charge >= 0.3 is 0 Å². The summed E-state index contributed by atoms with van der Waals surface area (Å²) in [6.07, 6.45) is 0. The third-order valence-corrected chi connectivity index (χ3v) is 3.26. The van der Waals surface area contributed by atoms with Crippen LogP contribution in [-0.2, 0) is 4.79 Å². The molecule has 2 aromatic carbocycles. The molecule has 2 N–H and O–H groups in total. The van der Waals surface area contributed by atoms with Crippen LogP contribution >= 0.6 is 11.6 Å². The number of carbonyl (C=O) groups is 1. The molecule has 0 aliphatic rings. The van der Waals surface area contributed by atoms with E-state index in [1.807, 2.05) is 42.5 Å². The normalized spacial score (nSPS) is 10.7. The van der Waals surface area contributed by atoms with Crippen molar-refractivity contribution in [2.24, 2.45) is 0 Å². The third kappa shape index (κ3) is 2.38. The molecule has 1 amide bonds. The van der Waals surface area contributed by atoms with Crippen molar-refractivity contribution in [2.45, 2.75) is 6.92 Å². The lowest BCUT2D eigenvalue weighted by Crippen LogP contribution is -2.05. The Morgan fingerprint density at radius 3 is 2.80 bits per heavy atom. The Labute approximate surface area is 120 Å². The summed E-state index contributed by atoms with van der Waals surface area (Å²) in [7, 11) is 0. The van der Waals surface area contributed by atoms with Gasteiger partial charge in [-0.2, -0.15) is 0 Å². The van der Waals surface area contributed by atoms with E-state index < -0.39 is 0 Å². The zero-order valence-electron chi connectivity index (χ0n) is 10.8. The highest BCUT2D eigenvalue weighted by Gasteiger charge is 2.09. The molecular weight excluding hydrogens is 274 g/mol. The largest absolute Gasteiger partial charge is 0.338 e. The van der Waals surface area contributed by atoms with Gasteiger partial charge < -0.3 is 10.3 Å². The van der Waals surface area contributed by atoms with Gasteiger partial charge in [-0.3, -0.25) is 4.79 Å². The minimum atomic E-state index is -0.102. The predicted octanol–water partition coefficient (Wildman–Crippen LogP) is 3.84. The number of carbonyl (C=O) groups excluding carboxylic acids is 1. The summed E-state index contributed by atoms with van der Waals surface area (Å²) < 4.78 is 0. The minimum Gasteiger partial charge on any atom is -0.338 e. The molecule has 0 spiro atoms. The van der Waals surface area contributed by atoms with Gasteiger partial charge in [-0.1, -0.05) is 23.7 Å². The van der Waals surface area contributed by atoms with Gasteiger partial charge in [0.2, 0.25) is 5.91 Å². The fourth-order valence-corrected chi connectivity index (χ4v) is 2.30. The van der Waals surface area contributed by atoms with Crippen LogP contribution in [0.4, 0.5) is 5.69 Å². The maximum absolute atomic E-state index is 11.1. The van der Waals surface area contributed by atoms with E-state index in [9.17, 15) is 4.79 Å². The van der Waals surface area contributed by atoms with Crippen LogP contribution in [-0.4, -0.2) is 15.9 Å². The van der Waals surface area contributed by atoms with Crippen molar-refractivity contribution >= 4 is 34.2 Å². The topological polar surface area (TPSA) is 57.8 Å². The molecule has 0 aliphatic heterocycles. The number of anilines is 1. The summed E-state index contributed by atoms with van der Waals surface area (Å²) in [4.78, 5) is 18.8. The monoisotopic (exact) mass is 285 g/mol. The van der Waals surface area contributed by atoms with Gasteiger partial charge in [0, 0.05) is 18.2 Å². The van der Waals surface area contributed by atoms with Crippen molar-refractivity contribution in [3.63, 3.8) is 0 Å². The Bertz CT molecular complexity index is 795. The number of imidazole rings is 1. The van der Waals surface area contributed by atoms with Crippen LogP contribution in [0.15, 0.2) is 42.5 Å². The van der Waals surface area contributed by atoms with Crippen LogP contribution in [0.2, 0.25) is 5.02 Å². The van der Waals surface area contributed by atoms with E-state index in [1.54, 1.807) is 0 Å². The Morgan fingerprint density at radius 1 is 1.25 bits per heavy atom. The first-order chi connectivity index (χ1) is 9.63. The van der Waals surface area contributed by atoms with Crippen molar-refractivity contribution in [2.75, 3.05) is 5.32 Å². The molecule has 1 heterocycles. The summed E-state index contributed by atoms with van der Waals surface area (Å²) >= 11 is 6.17. The molecule has 1 aromatic heterocycles. The lowest BCUT2D eigenvalue weighted by atomic mass is 10.2. The Kier molecular flexibility index (Phi) is 3.16. The molecule has 0 aliphatic carbocycles. The fraction of sp³-hybridized carbons (Fsp3) is 0.0667. The number of amides is 1. The van der Waals surface area contributed by atoms with Crippen LogP contribution in [0.3, 0.4) is 0 Å². The number of aromatic amines is 1. The fourth-order valence-electron chi connectivity index (χ4n) is 2.07. The van der Waals surface area contributed by atoms with Crippen LogP contribution in [0, 0.1) is 0 Å². The van der Waals surface area contributed by atoms with E-state index in [1.165, 1.54) is 6.92 Å². The standard InChI is InChI=1S/C15H12ClN3O/c1-9(20)17-10-6-7-13-14(8-10)19-15(18-13)11-4-2-3-5-12(11)16/h2-8H,1H3,(H,17,20)(H,18,19). The molecule has 0 bridgehead atoms. The number of halogens is 1. The number of hydrogen-bond acceptors (Lipinski definition) is 2. The van der Waals surface area contributed by atoms with Crippen molar-refractivity contribution in [3.8, 4) is 11.4 Å². The number of hydrogen-bond donors (Lipinski definition) is 2. The number of rotatable bonds is 2. The highest BCUT2D eigenvalue weighted by atomic mass is 35.5. The van der Waals surface area contributed by atoms with Crippen LogP contribution < -0.4 is 5.32 Å². The maximum atomic E-state index is 11.1. The second-order valence-electron chi connectivity index (χ2n) is 4.48. The van der Waals surface area contributed by atoms with Gasteiger partial charge in [0.15, 0.2) is 0 Å². The molecule has 3 aromatic rings. The zero-order chi connectivity index (χ0) is 14.1. The molecule has 0 saturated carbocycles. The number of H-pyrrole nitrogens is 1. The molecule has 0 radical (unpaired) electrons. The molecule has 5 heteroatoms. The van der Waals surface area contributed by atoms with Gasteiger partial charge in [-0.25, -0.2) is 4.98 Å². The Hall–Kier alpha value is -2.33. The van der Waals surface area contributed by atoms with Crippen LogP contribution in [0.1, 0.15) is 6.92 Å². The smallest absolute Gasteiger partial charge is 0.221 e. The first-order valence-electron chi connectivity index (χ1n) is 6.16. The van der Waals surface area contributed by atoms with Gasteiger partial charge in [-0.15, -0.1) is 0 Å². The van der Waals surface area contributed by atoms with Crippen LogP contribution in [0.5, 0.6) is 0 Å². The number of nitrogens with one attached hydrogen (secondary N) is 2. The maximum Gasteiger partial charge on any atom is 0.221 e. The molecule has 0 fully saturated rings. The lowest BCUT2D eigenvalue weighted by molar-refractivity contribution is -0.114. The molecule has 0 atom stereocenters. The SMILES string of the molecule is CC(=O)Nc1ccc2nc(-c3ccccc3Cl)[nH]c2c1. The summed E-state index contributed by atoms with van der Waals surface area (Å²) in [5.41, 5.74) is 3.27. The van der Waals surface area contributed by atoms with Gasteiger partial charge in [0.25, 0.3) is 0 Å². The van der Waals surface area contributed by atoms with E-state index in [0.717, 1.165) is 22.3 Å². The minimum absolute atomic E-state index is 0.102. The van der Waals surface area contributed by atoms with E-state index in [0.29, 0.717) is 10.8 Å². The molecule has 20 heavy (non-hydrogen) atoms. The molecule has 4 nitrogen and oxygen atoms in total. The van der Waals surface area contributed by atoms with Gasteiger partial charge in [0.05, 0.1) is 16.1 Å². The average molecular weight is 286 g/mol. The van der Waals surface area contributed by atoms with Crippen molar-refractivity contribution in [1.29, 1.82) is 0 Å². The number of fused-ring (bicyclic) bond motifs is 1. The first kappa shape index (κ1) is 12.7. The van der Waals surface area contributed by atoms with Crippen molar-refractivity contribution < 1.29 is 4.79 Å². The van der Waals surface area contributed by atoms with Crippen molar-refractivity contribution in [3.05, 3.63) is 47.5 Å². The predicted molar refractivity (Wildman–Crippen MR) is 80.8 cm³/mol. The Balaban J connectivity index is 2.07. The van der Waals surface area contributed by atoms with E-state index in [2.05, 4.69) is 15.3 Å². The first-order valence-corrected chi connectivity index (χ1v) is 6.53. The molecule has 100 valence electrons. The second-order valence-corrected chi connectivity index (χ2v) is 4.89. The van der Waals surface area contributed by atoms with E-state index in [-0.39, 0.29) is 5.91 Å². The molecular formula is C15H12ClN3O. The van der Waals surface area contributed by atoms with Crippen molar-refractivity contribution in [1.82, 2.24) is 9.97 Å². The van der Waals surface area contributed by atoms with E-state index >= 15 is 0 Å². The summed E-state index contributed by atoms with van der Waals surface area (Å²) in [6, 6.07) is 13.1. The molecule has 3 rings (SSSR count). The number of benzene rings is 2. The Morgan fingerprint density at radius 2 is 2.05 bits per heavy atom. The summed E-state index contributed by atoms with van der Waals surface area (Å²) in [5.74, 6) is 0.612. The summed E-state index contributed by atoms with van der Waals surface area (Å²) in [6.45, 7) is 1.48.